The first-order valence-corrected chi connectivity index (χ1v) is 13.6. The lowest BCUT2D eigenvalue weighted by molar-refractivity contribution is -0.161. The largest absolute Gasteiger partial charge is 0.484 e. The predicted molar refractivity (Wildman–Crippen MR) is 143 cm³/mol. The molecule has 0 radical (unpaired) electrons. The molecule has 0 unspecified atom stereocenters. The van der Waals surface area contributed by atoms with E-state index in [2.05, 4.69) is 9.80 Å². The fourth-order valence-electron chi connectivity index (χ4n) is 5.59. The second kappa shape index (κ2) is 10.4. The SMILES string of the molecule is C[C@@H](Oc1cc(N2CC([C@@H]3CN(C4CC(C)(C(=O)O)C4)CCO3)C2)cc(F)c1Cl)c1ccc(Cl)cc1Cl. The third-order valence-corrected chi connectivity index (χ3v) is 8.94. The van der Waals surface area contributed by atoms with Crippen LogP contribution in [0.15, 0.2) is 30.3 Å². The minimum atomic E-state index is -0.715. The van der Waals surface area contributed by atoms with Crippen molar-refractivity contribution in [3.05, 3.63) is 56.8 Å². The Morgan fingerprint density at radius 3 is 2.59 bits per heavy atom. The lowest BCUT2D eigenvalue weighted by atomic mass is 9.66. The second-order valence-corrected chi connectivity index (χ2v) is 11.9. The van der Waals surface area contributed by atoms with Crippen LogP contribution in [0.5, 0.6) is 5.75 Å². The third kappa shape index (κ3) is 5.39. The van der Waals surface area contributed by atoms with Crippen LogP contribution < -0.4 is 9.64 Å². The van der Waals surface area contributed by atoms with Gasteiger partial charge in [0.05, 0.1) is 18.1 Å². The molecule has 37 heavy (non-hydrogen) atoms. The van der Waals surface area contributed by atoms with E-state index in [-0.39, 0.29) is 16.9 Å². The summed E-state index contributed by atoms with van der Waals surface area (Å²) >= 11 is 18.6. The van der Waals surface area contributed by atoms with Crippen molar-refractivity contribution in [3.63, 3.8) is 0 Å². The fraction of sp³-hybridized carbons (Fsp3) is 0.519. The normalized spacial score (nSPS) is 27.4. The maximum Gasteiger partial charge on any atom is 0.309 e. The van der Waals surface area contributed by atoms with E-state index in [9.17, 15) is 14.3 Å². The Morgan fingerprint density at radius 1 is 1.19 bits per heavy atom. The summed E-state index contributed by atoms with van der Waals surface area (Å²) in [6.45, 7) is 7.36. The molecule has 1 N–H and O–H groups in total. The molecule has 0 spiro atoms. The van der Waals surface area contributed by atoms with Crippen molar-refractivity contribution in [2.24, 2.45) is 11.3 Å². The quantitative estimate of drug-likeness (QED) is 0.420. The number of carboxylic acid groups (broad SMARTS) is 1. The zero-order chi connectivity index (χ0) is 26.5. The molecule has 5 rings (SSSR count). The van der Waals surface area contributed by atoms with Gasteiger partial charge < -0.3 is 19.5 Å². The summed E-state index contributed by atoms with van der Waals surface area (Å²) in [6.07, 6.45) is 0.968. The lowest BCUT2D eigenvalue weighted by Crippen LogP contribution is -2.61. The van der Waals surface area contributed by atoms with Gasteiger partial charge >= 0.3 is 5.97 Å². The van der Waals surface area contributed by atoms with E-state index in [1.54, 1.807) is 24.3 Å². The lowest BCUT2D eigenvalue weighted by Gasteiger charge is -2.52. The van der Waals surface area contributed by atoms with Crippen molar-refractivity contribution in [3.8, 4) is 5.75 Å². The van der Waals surface area contributed by atoms with E-state index in [1.165, 1.54) is 6.07 Å². The van der Waals surface area contributed by atoms with Gasteiger partial charge in [-0.2, -0.15) is 0 Å². The Balaban J connectivity index is 1.20. The number of morpholine rings is 1. The molecule has 6 nitrogen and oxygen atoms in total. The Labute approximate surface area is 231 Å². The van der Waals surface area contributed by atoms with Crippen molar-refractivity contribution in [1.82, 2.24) is 4.90 Å². The van der Waals surface area contributed by atoms with Crippen molar-refractivity contribution in [2.45, 2.75) is 44.9 Å². The van der Waals surface area contributed by atoms with Gasteiger partial charge in [-0.15, -0.1) is 0 Å². The molecule has 2 saturated heterocycles. The van der Waals surface area contributed by atoms with Crippen LogP contribution in [0.3, 0.4) is 0 Å². The van der Waals surface area contributed by atoms with Gasteiger partial charge in [0.25, 0.3) is 0 Å². The first-order chi connectivity index (χ1) is 17.5. The van der Waals surface area contributed by atoms with Crippen LogP contribution in [-0.2, 0) is 9.53 Å². The van der Waals surface area contributed by atoms with E-state index in [0.717, 1.165) is 31.7 Å². The number of aliphatic carboxylic acids is 1. The molecule has 200 valence electrons. The predicted octanol–water partition coefficient (Wildman–Crippen LogP) is 6.32. The number of halogens is 4. The highest BCUT2D eigenvalue weighted by molar-refractivity contribution is 6.35. The van der Waals surface area contributed by atoms with Crippen LogP contribution in [0.1, 0.15) is 38.4 Å². The Morgan fingerprint density at radius 2 is 1.92 bits per heavy atom. The van der Waals surface area contributed by atoms with Crippen molar-refractivity contribution in [2.75, 3.05) is 37.7 Å². The maximum absolute atomic E-state index is 14.7. The van der Waals surface area contributed by atoms with Gasteiger partial charge in [0.15, 0.2) is 0 Å². The topological polar surface area (TPSA) is 62.2 Å². The molecule has 0 bridgehead atoms. The Hall–Kier alpha value is -1.77. The van der Waals surface area contributed by atoms with E-state index < -0.39 is 23.3 Å². The molecule has 3 fully saturated rings. The number of hydrogen-bond donors (Lipinski definition) is 1. The van der Waals surface area contributed by atoms with E-state index in [0.29, 0.717) is 47.1 Å². The molecule has 2 heterocycles. The third-order valence-electron chi connectivity index (χ3n) is 8.01. The van der Waals surface area contributed by atoms with Gasteiger partial charge in [0, 0.05) is 65.5 Å². The highest BCUT2D eigenvalue weighted by Gasteiger charge is 2.50. The number of nitrogens with zero attached hydrogens (tertiary/aromatic N) is 2. The summed E-state index contributed by atoms with van der Waals surface area (Å²) in [5.41, 5.74) is 0.818. The minimum absolute atomic E-state index is 0.0709. The molecular formula is C27H30Cl3FN2O4. The van der Waals surface area contributed by atoms with Gasteiger partial charge in [-0.1, -0.05) is 40.9 Å². The summed E-state index contributed by atoms with van der Waals surface area (Å²) in [4.78, 5) is 15.9. The smallest absolute Gasteiger partial charge is 0.309 e. The van der Waals surface area contributed by atoms with Gasteiger partial charge in [0.1, 0.15) is 22.7 Å². The van der Waals surface area contributed by atoms with Gasteiger partial charge in [-0.25, -0.2) is 4.39 Å². The molecule has 3 aliphatic rings. The average Bonchev–Trinajstić information content (AvgIpc) is 2.79. The molecule has 1 aliphatic carbocycles. The number of ether oxygens (including phenoxy) is 2. The van der Waals surface area contributed by atoms with Crippen molar-refractivity contribution in [1.29, 1.82) is 0 Å². The molecule has 10 heteroatoms. The monoisotopic (exact) mass is 570 g/mol. The number of carbonyl (C=O) groups is 1. The van der Waals surface area contributed by atoms with E-state index in [4.69, 9.17) is 44.3 Å². The molecule has 2 aromatic carbocycles. The number of rotatable bonds is 7. The Bertz CT molecular complexity index is 1190. The highest BCUT2D eigenvalue weighted by Crippen LogP contribution is 2.45. The molecule has 0 aromatic heterocycles. The minimum Gasteiger partial charge on any atom is -0.484 e. The van der Waals surface area contributed by atoms with Crippen LogP contribution >= 0.6 is 34.8 Å². The van der Waals surface area contributed by atoms with Crippen LogP contribution in [0.2, 0.25) is 15.1 Å². The summed E-state index contributed by atoms with van der Waals surface area (Å²) < 4.78 is 26.9. The molecule has 1 saturated carbocycles. The van der Waals surface area contributed by atoms with Gasteiger partial charge in [0.2, 0.25) is 0 Å². The van der Waals surface area contributed by atoms with Gasteiger partial charge in [-0.3, -0.25) is 9.69 Å². The standard InChI is InChI=1S/C27H30Cl3FN2O4/c1-15(20-4-3-17(28)7-21(20)29)37-23-9-18(8-22(31)25(23)30)33-12-16(13-33)24-14-32(5-6-36-24)19-10-27(2,11-19)26(34)35/h3-4,7-9,15-16,19,24H,5-6,10-14H2,1-2H3,(H,34,35)/t15-,19?,24+,27?/m1/s1. The van der Waals surface area contributed by atoms with Crippen LogP contribution in [0.25, 0.3) is 0 Å². The number of anilines is 1. The van der Waals surface area contributed by atoms with Crippen LogP contribution in [0, 0.1) is 17.2 Å². The molecule has 0 amide bonds. The average molecular weight is 572 g/mol. The fourth-order valence-corrected chi connectivity index (χ4v) is 6.30. The zero-order valence-electron chi connectivity index (χ0n) is 20.7. The first-order valence-electron chi connectivity index (χ1n) is 12.5. The van der Waals surface area contributed by atoms with Crippen LogP contribution in [-0.4, -0.2) is 60.9 Å². The molecular weight excluding hydrogens is 542 g/mol. The van der Waals surface area contributed by atoms with E-state index >= 15 is 0 Å². The summed E-state index contributed by atoms with van der Waals surface area (Å²) in [6, 6.07) is 8.64. The first kappa shape index (κ1) is 26.8. The second-order valence-electron chi connectivity index (χ2n) is 10.7. The zero-order valence-corrected chi connectivity index (χ0v) is 23.0. The van der Waals surface area contributed by atoms with Gasteiger partial charge in [-0.05, 0) is 44.9 Å². The van der Waals surface area contributed by atoms with Crippen molar-refractivity contribution >= 4 is 46.5 Å². The summed E-state index contributed by atoms with van der Waals surface area (Å²) in [5, 5.41) is 10.3. The number of benzene rings is 2. The Kier molecular flexibility index (Phi) is 7.55. The summed E-state index contributed by atoms with van der Waals surface area (Å²) in [7, 11) is 0. The maximum atomic E-state index is 14.7. The van der Waals surface area contributed by atoms with E-state index in [1.807, 2.05) is 13.8 Å². The molecule has 2 aromatic rings. The van der Waals surface area contributed by atoms with Crippen molar-refractivity contribution < 1.29 is 23.8 Å². The number of hydrogen-bond acceptors (Lipinski definition) is 5. The molecule has 2 atom stereocenters. The summed E-state index contributed by atoms with van der Waals surface area (Å²) in [5.74, 6) is -0.695. The molecule has 2 aliphatic heterocycles. The number of carboxylic acids is 1. The highest BCUT2D eigenvalue weighted by atomic mass is 35.5. The van der Waals surface area contributed by atoms with Crippen LogP contribution in [0.4, 0.5) is 10.1 Å².